The minimum absolute atomic E-state index is 0.0109. The van der Waals surface area contributed by atoms with Crippen LogP contribution in [-0.2, 0) is 6.42 Å². The van der Waals surface area contributed by atoms with Crippen LogP contribution in [0, 0.1) is 24.1 Å². The van der Waals surface area contributed by atoms with E-state index in [9.17, 15) is 0 Å². The first-order valence-corrected chi connectivity index (χ1v) is 10.6. The molecule has 6 nitrogen and oxygen atoms in total. The second-order valence-electron chi connectivity index (χ2n) is 6.30. The van der Waals surface area contributed by atoms with E-state index in [1.54, 1.807) is 6.92 Å². The molecule has 0 spiro atoms. The van der Waals surface area contributed by atoms with Gasteiger partial charge in [-0.1, -0.05) is 52.2 Å². The van der Waals surface area contributed by atoms with Crippen LogP contribution in [0.1, 0.15) is 22.7 Å². The number of aryl methyl sites for hydroxylation is 1. The monoisotopic (exact) mass is 494 g/mol. The highest BCUT2D eigenvalue weighted by molar-refractivity contribution is 7.19. The van der Waals surface area contributed by atoms with Gasteiger partial charge < -0.3 is 9.15 Å². The molecule has 0 saturated carbocycles. The van der Waals surface area contributed by atoms with Crippen LogP contribution in [0.5, 0.6) is 11.5 Å². The molecular formula is C20H10Cl3FN4O2S. The van der Waals surface area contributed by atoms with E-state index in [4.69, 9.17) is 49.2 Å². The molecule has 31 heavy (non-hydrogen) atoms. The van der Waals surface area contributed by atoms with Gasteiger partial charge in [0.15, 0.2) is 16.0 Å². The van der Waals surface area contributed by atoms with E-state index in [0.717, 1.165) is 0 Å². The molecule has 0 amide bonds. The summed E-state index contributed by atoms with van der Waals surface area (Å²) < 4.78 is 26.8. The van der Waals surface area contributed by atoms with Gasteiger partial charge in [0.2, 0.25) is 5.89 Å². The minimum Gasteiger partial charge on any atom is -0.453 e. The fourth-order valence-electron chi connectivity index (χ4n) is 2.75. The molecule has 0 atom stereocenters. The van der Waals surface area contributed by atoms with Crippen LogP contribution in [0.4, 0.5) is 4.39 Å². The molecule has 0 unspecified atom stereocenters. The predicted octanol–water partition coefficient (Wildman–Crippen LogP) is 6.86. The van der Waals surface area contributed by atoms with E-state index >= 15 is 4.39 Å². The van der Waals surface area contributed by atoms with Crippen molar-refractivity contribution in [1.82, 2.24) is 15.2 Å². The number of benzene rings is 2. The molecule has 156 valence electrons. The molecule has 2 aromatic carbocycles. The van der Waals surface area contributed by atoms with E-state index < -0.39 is 5.82 Å². The minimum atomic E-state index is -0.692. The summed E-state index contributed by atoms with van der Waals surface area (Å²) >= 11 is 19.2. The summed E-state index contributed by atoms with van der Waals surface area (Å²) in [6.45, 7) is 1.78. The van der Waals surface area contributed by atoms with Crippen molar-refractivity contribution in [1.29, 1.82) is 5.26 Å². The van der Waals surface area contributed by atoms with Crippen molar-refractivity contribution in [2.24, 2.45) is 0 Å². The lowest BCUT2D eigenvalue weighted by molar-refractivity contribution is 0.437. The molecule has 0 fully saturated rings. The first-order valence-electron chi connectivity index (χ1n) is 8.65. The number of aromatic nitrogens is 3. The molecular weight excluding hydrogens is 486 g/mol. The molecule has 4 aromatic rings. The highest BCUT2D eigenvalue weighted by Crippen LogP contribution is 2.36. The molecule has 0 radical (unpaired) electrons. The van der Waals surface area contributed by atoms with E-state index in [-0.39, 0.29) is 50.9 Å². The Morgan fingerprint density at radius 2 is 2.00 bits per heavy atom. The van der Waals surface area contributed by atoms with Gasteiger partial charge in [0.1, 0.15) is 10.6 Å². The summed E-state index contributed by atoms with van der Waals surface area (Å²) in [5.74, 6) is -0.260. The van der Waals surface area contributed by atoms with Crippen molar-refractivity contribution >= 4 is 46.1 Å². The Morgan fingerprint density at radius 1 is 1.19 bits per heavy atom. The number of halogens is 4. The van der Waals surface area contributed by atoms with E-state index in [0.29, 0.717) is 15.0 Å². The summed E-state index contributed by atoms with van der Waals surface area (Å²) in [5.41, 5.74) is 1.17. The third-order valence-corrected chi connectivity index (χ3v) is 5.89. The Morgan fingerprint density at radius 3 is 2.71 bits per heavy atom. The van der Waals surface area contributed by atoms with Crippen LogP contribution in [0.15, 0.2) is 34.7 Å². The fraction of sp³-hybridized carbons (Fsp3) is 0.100. The van der Waals surface area contributed by atoms with Crippen molar-refractivity contribution in [3.05, 3.63) is 73.4 Å². The van der Waals surface area contributed by atoms with Gasteiger partial charge in [-0.3, -0.25) is 0 Å². The second-order valence-corrected chi connectivity index (χ2v) is 8.72. The molecule has 0 aliphatic heterocycles. The van der Waals surface area contributed by atoms with Crippen molar-refractivity contribution in [3.63, 3.8) is 0 Å². The molecule has 0 aliphatic carbocycles. The van der Waals surface area contributed by atoms with Gasteiger partial charge >= 0.3 is 0 Å². The third kappa shape index (κ3) is 4.65. The fourth-order valence-corrected chi connectivity index (χ4v) is 4.23. The first-order chi connectivity index (χ1) is 14.8. The Balaban J connectivity index is 1.62. The van der Waals surface area contributed by atoms with Crippen LogP contribution >= 0.6 is 46.1 Å². The van der Waals surface area contributed by atoms with Crippen molar-refractivity contribution < 1.29 is 13.5 Å². The van der Waals surface area contributed by atoms with Crippen LogP contribution in [0.3, 0.4) is 0 Å². The molecule has 0 N–H and O–H groups in total. The van der Waals surface area contributed by atoms with Crippen molar-refractivity contribution in [2.75, 3.05) is 0 Å². The van der Waals surface area contributed by atoms with Crippen molar-refractivity contribution in [3.8, 4) is 28.3 Å². The van der Waals surface area contributed by atoms with Gasteiger partial charge in [0.25, 0.3) is 5.89 Å². The van der Waals surface area contributed by atoms with Gasteiger partial charge in [-0.15, -0.1) is 10.2 Å². The molecule has 0 bridgehead atoms. The van der Waals surface area contributed by atoms with Gasteiger partial charge in [0, 0.05) is 10.6 Å². The number of rotatable bonds is 5. The highest BCUT2D eigenvalue weighted by Gasteiger charge is 2.20. The molecule has 2 heterocycles. The standard InChI is InChI=1S/C20H10Cl3FN4O2S/c1-9-18(31-20(23)26-9)19-28-27-15(30-19)6-11-2-3-14(22)17(16(11)24)29-13-5-10(8-25)4-12(21)7-13/h2-5,7H,6H2,1H3. The van der Waals surface area contributed by atoms with Gasteiger partial charge in [0.05, 0.1) is 28.8 Å². The molecule has 0 aliphatic rings. The summed E-state index contributed by atoms with van der Waals surface area (Å²) in [6.07, 6.45) is 0.0109. The van der Waals surface area contributed by atoms with Gasteiger partial charge in [-0.05, 0) is 31.2 Å². The quantitative estimate of drug-likeness (QED) is 0.301. The lowest BCUT2D eigenvalue weighted by Crippen LogP contribution is -1.98. The highest BCUT2D eigenvalue weighted by atomic mass is 35.5. The zero-order valence-electron chi connectivity index (χ0n) is 15.6. The SMILES string of the molecule is Cc1nc(Cl)sc1-c1nnc(Cc2ccc(Cl)c(Oc3cc(Cl)cc(C#N)c3)c2F)o1. The summed E-state index contributed by atoms with van der Waals surface area (Å²) in [7, 11) is 0. The van der Waals surface area contributed by atoms with Gasteiger partial charge in [-0.25, -0.2) is 9.37 Å². The number of hydrogen-bond donors (Lipinski definition) is 0. The lowest BCUT2D eigenvalue weighted by Gasteiger charge is -2.11. The number of nitriles is 1. The van der Waals surface area contributed by atoms with E-state index in [1.165, 1.54) is 41.7 Å². The van der Waals surface area contributed by atoms with E-state index in [2.05, 4.69) is 15.2 Å². The smallest absolute Gasteiger partial charge is 0.259 e. The van der Waals surface area contributed by atoms with Crippen LogP contribution in [0.2, 0.25) is 14.5 Å². The largest absolute Gasteiger partial charge is 0.453 e. The van der Waals surface area contributed by atoms with Crippen LogP contribution in [0.25, 0.3) is 10.8 Å². The zero-order chi connectivity index (χ0) is 22.1. The number of nitrogens with zero attached hydrogens (tertiary/aromatic N) is 4. The Labute approximate surface area is 194 Å². The average molecular weight is 496 g/mol. The maximum atomic E-state index is 15.2. The first kappa shape index (κ1) is 21.5. The summed E-state index contributed by atoms with van der Waals surface area (Å²) in [4.78, 5) is 4.76. The predicted molar refractivity (Wildman–Crippen MR) is 116 cm³/mol. The van der Waals surface area contributed by atoms with E-state index in [1.807, 2.05) is 6.07 Å². The van der Waals surface area contributed by atoms with Crippen molar-refractivity contribution in [2.45, 2.75) is 13.3 Å². The normalized spacial score (nSPS) is 10.8. The van der Waals surface area contributed by atoms with Gasteiger partial charge in [-0.2, -0.15) is 5.26 Å². The number of hydrogen-bond acceptors (Lipinski definition) is 7. The van der Waals surface area contributed by atoms with Crippen LogP contribution in [-0.4, -0.2) is 15.2 Å². The average Bonchev–Trinajstić information content (AvgIpc) is 3.32. The molecule has 11 heteroatoms. The Hall–Kier alpha value is -2.70. The Bertz CT molecular complexity index is 1330. The topological polar surface area (TPSA) is 84.8 Å². The molecule has 2 aromatic heterocycles. The third-order valence-electron chi connectivity index (χ3n) is 4.12. The summed E-state index contributed by atoms with van der Waals surface area (Å²) in [5, 5.41) is 17.4. The summed E-state index contributed by atoms with van der Waals surface area (Å²) in [6, 6.07) is 9.31. The zero-order valence-corrected chi connectivity index (χ0v) is 18.7. The van der Waals surface area contributed by atoms with Crippen LogP contribution < -0.4 is 4.74 Å². The number of thiazole rings is 1. The second kappa shape index (κ2) is 8.81. The molecule has 0 saturated heterocycles. The number of ether oxygens (including phenoxy) is 1. The maximum absolute atomic E-state index is 15.2. The molecule has 4 rings (SSSR count). The lowest BCUT2D eigenvalue weighted by atomic mass is 10.1. The maximum Gasteiger partial charge on any atom is 0.259 e. The Kier molecular flexibility index (Phi) is 6.12.